The number of aromatic nitrogens is 1. The van der Waals surface area contributed by atoms with E-state index in [2.05, 4.69) is 0 Å². The number of fused-ring (bicyclic) bond motifs is 1. The molecule has 9 heteroatoms. The van der Waals surface area contributed by atoms with Crippen molar-refractivity contribution in [1.82, 2.24) is 3.97 Å². The average Bonchev–Trinajstić information content (AvgIpc) is 3.09. The number of nitriles is 1. The van der Waals surface area contributed by atoms with Crippen LogP contribution in [0.5, 0.6) is 11.5 Å². The second kappa shape index (κ2) is 7.85. The number of carboxylic acid groups (broad SMARTS) is 1. The summed E-state index contributed by atoms with van der Waals surface area (Å²) < 4.78 is 38.2. The molecule has 0 atom stereocenters. The first-order valence-electron chi connectivity index (χ1n) is 8.55. The summed E-state index contributed by atoms with van der Waals surface area (Å²) >= 11 is 0. The van der Waals surface area contributed by atoms with Crippen molar-refractivity contribution >= 4 is 26.9 Å². The minimum atomic E-state index is -3.99. The molecule has 3 rings (SSSR count). The first kappa shape index (κ1) is 20.2. The van der Waals surface area contributed by atoms with Gasteiger partial charge >= 0.3 is 5.97 Å². The van der Waals surface area contributed by atoms with Crippen LogP contribution in [-0.2, 0) is 21.2 Å². The average molecular weight is 414 g/mol. The molecule has 0 aliphatic rings. The second-order valence-electron chi connectivity index (χ2n) is 6.21. The largest absolute Gasteiger partial charge is 0.493 e. The summed E-state index contributed by atoms with van der Waals surface area (Å²) in [4.78, 5) is 11.0. The van der Waals surface area contributed by atoms with E-state index in [9.17, 15) is 13.2 Å². The van der Waals surface area contributed by atoms with Crippen LogP contribution in [0.1, 0.15) is 17.5 Å². The van der Waals surface area contributed by atoms with E-state index in [0.717, 1.165) is 3.97 Å². The Balaban J connectivity index is 2.24. The highest BCUT2D eigenvalue weighted by Crippen LogP contribution is 2.36. The van der Waals surface area contributed by atoms with Crippen LogP contribution in [0.3, 0.4) is 0 Å². The minimum absolute atomic E-state index is 0.00738. The van der Waals surface area contributed by atoms with Crippen molar-refractivity contribution in [1.29, 1.82) is 5.26 Å². The Hall–Kier alpha value is -3.51. The van der Waals surface area contributed by atoms with E-state index in [1.807, 2.05) is 6.07 Å². The zero-order valence-corrected chi connectivity index (χ0v) is 16.6. The highest BCUT2D eigenvalue weighted by atomic mass is 32.2. The Labute approximate surface area is 167 Å². The van der Waals surface area contributed by atoms with Crippen LogP contribution >= 0.6 is 0 Å². The molecule has 29 heavy (non-hydrogen) atoms. The molecule has 150 valence electrons. The van der Waals surface area contributed by atoms with E-state index in [1.54, 1.807) is 12.1 Å². The lowest BCUT2D eigenvalue weighted by Gasteiger charge is -2.11. The molecular weight excluding hydrogens is 396 g/mol. The molecule has 0 spiro atoms. The van der Waals surface area contributed by atoms with Crippen molar-refractivity contribution in [3.05, 3.63) is 53.7 Å². The summed E-state index contributed by atoms with van der Waals surface area (Å²) in [7, 11) is -1.08. The highest BCUT2D eigenvalue weighted by molar-refractivity contribution is 7.90. The fourth-order valence-electron chi connectivity index (χ4n) is 3.04. The van der Waals surface area contributed by atoms with Gasteiger partial charge in [0.15, 0.2) is 11.5 Å². The first-order chi connectivity index (χ1) is 13.8. The quantitative estimate of drug-likeness (QED) is 0.631. The van der Waals surface area contributed by atoms with E-state index in [4.69, 9.17) is 19.8 Å². The highest BCUT2D eigenvalue weighted by Gasteiger charge is 2.23. The molecule has 0 saturated heterocycles. The third kappa shape index (κ3) is 3.75. The molecule has 1 aromatic heterocycles. The third-order valence-corrected chi connectivity index (χ3v) is 6.19. The van der Waals surface area contributed by atoms with Gasteiger partial charge in [-0.25, -0.2) is 12.4 Å². The molecule has 0 unspecified atom stereocenters. The number of carboxylic acids is 1. The van der Waals surface area contributed by atoms with E-state index in [-0.39, 0.29) is 17.7 Å². The van der Waals surface area contributed by atoms with Gasteiger partial charge in [-0.05, 0) is 42.3 Å². The molecule has 0 aliphatic carbocycles. The Morgan fingerprint density at radius 3 is 2.31 bits per heavy atom. The fourth-order valence-corrected chi connectivity index (χ4v) is 4.43. The lowest BCUT2D eigenvalue weighted by Crippen LogP contribution is -2.12. The van der Waals surface area contributed by atoms with E-state index >= 15 is 0 Å². The Bertz CT molecular complexity index is 1220. The van der Waals surface area contributed by atoms with Crippen LogP contribution < -0.4 is 9.47 Å². The van der Waals surface area contributed by atoms with Gasteiger partial charge < -0.3 is 14.6 Å². The molecule has 0 radical (unpaired) electrons. The van der Waals surface area contributed by atoms with Gasteiger partial charge in [-0.1, -0.05) is 0 Å². The lowest BCUT2D eigenvalue weighted by molar-refractivity contribution is -0.136. The van der Waals surface area contributed by atoms with Crippen molar-refractivity contribution in [2.24, 2.45) is 0 Å². The lowest BCUT2D eigenvalue weighted by atomic mass is 10.1. The van der Waals surface area contributed by atoms with E-state index in [1.165, 1.54) is 44.7 Å². The fraction of sp³-hybridized carbons (Fsp3) is 0.200. The Morgan fingerprint density at radius 2 is 1.76 bits per heavy atom. The molecule has 0 aliphatic heterocycles. The number of methoxy groups -OCH3 is 2. The molecule has 0 bridgehead atoms. The van der Waals surface area contributed by atoms with Crippen LogP contribution in [0.2, 0.25) is 0 Å². The summed E-state index contributed by atoms with van der Waals surface area (Å²) in [6, 6.07) is 10.7. The SMILES string of the molecule is COc1cc2c(CCC(=O)O)cn(S(=O)(=O)c3ccc(C#N)cc3)c2cc1OC. The topological polar surface area (TPSA) is 119 Å². The summed E-state index contributed by atoms with van der Waals surface area (Å²) in [6.07, 6.45) is 1.42. The van der Waals surface area contributed by atoms with Gasteiger partial charge in [0.25, 0.3) is 10.0 Å². The third-order valence-electron chi connectivity index (χ3n) is 4.51. The summed E-state index contributed by atoms with van der Waals surface area (Å²) in [6.45, 7) is 0. The van der Waals surface area contributed by atoms with Crippen molar-refractivity contribution in [2.45, 2.75) is 17.7 Å². The number of hydrogen-bond acceptors (Lipinski definition) is 6. The van der Waals surface area contributed by atoms with Crippen LogP contribution in [0.4, 0.5) is 0 Å². The van der Waals surface area contributed by atoms with Crippen LogP contribution in [0, 0.1) is 11.3 Å². The van der Waals surface area contributed by atoms with Crippen molar-refractivity contribution < 1.29 is 27.8 Å². The number of rotatable bonds is 7. The van der Waals surface area contributed by atoms with Gasteiger partial charge in [-0.3, -0.25) is 4.79 Å². The first-order valence-corrected chi connectivity index (χ1v) is 9.99. The molecule has 0 fully saturated rings. The normalized spacial score (nSPS) is 11.2. The summed E-state index contributed by atoms with van der Waals surface area (Å²) in [5, 5.41) is 18.5. The number of carbonyl (C=O) groups is 1. The van der Waals surface area contributed by atoms with Gasteiger partial charge in [0.2, 0.25) is 0 Å². The van der Waals surface area contributed by atoms with Crippen molar-refractivity contribution in [2.75, 3.05) is 14.2 Å². The Morgan fingerprint density at radius 1 is 1.14 bits per heavy atom. The number of hydrogen-bond donors (Lipinski definition) is 1. The van der Waals surface area contributed by atoms with Gasteiger partial charge in [0.05, 0.1) is 36.3 Å². The summed E-state index contributed by atoms with van der Waals surface area (Å²) in [5.74, 6) is -0.231. The van der Waals surface area contributed by atoms with Crippen LogP contribution in [0.25, 0.3) is 10.9 Å². The number of benzene rings is 2. The smallest absolute Gasteiger partial charge is 0.303 e. The molecule has 1 N–H and O–H groups in total. The zero-order valence-electron chi connectivity index (χ0n) is 15.7. The molecule has 1 heterocycles. The maximum atomic E-state index is 13.2. The molecule has 0 amide bonds. The monoisotopic (exact) mass is 414 g/mol. The van der Waals surface area contributed by atoms with Gasteiger partial charge in [-0.15, -0.1) is 0 Å². The number of aryl methyl sites for hydroxylation is 1. The molecule has 3 aromatic rings. The number of ether oxygens (including phenoxy) is 2. The number of nitrogens with zero attached hydrogens (tertiary/aromatic N) is 2. The number of aliphatic carboxylic acids is 1. The van der Waals surface area contributed by atoms with E-state index < -0.39 is 16.0 Å². The molecule has 8 nitrogen and oxygen atoms in total. The van der Waals surface area contributed by atoms with Gasteiger partial charge in [0.1, 0.15) is 0 Å². The minimum Gasteiger partial charge on any atom is -0.493 e. The predicted octanol–water partition coefficient (Wildman–Crippen LogP) is 2.78. The van der Waals surface area contributed by atoms with Crippen LogP contribution in [0.15, 0.2) is 47.5 Å². The van der Waals surface area contributed by atoms with Crippen LogP contribution in [-0.4, -0.2) is 37.7 Å². The van der Waals surface area contributed by atoms with Crippen molar-refractivity contribution in [3.8, 4) is 17.6 Å². The molecule has 0 saturated carbocycles. The van der Waals surface area contributed by atoms with Gasteiger partial charge in [-0.2, -0.15) is 5.26 Å². The predicted molar refractivity (Wildman–Crippen MR) is 105 cm³/mol. The molecule has 2 aromatic carbocycles. The maximum absolute atomic E-state index is 13.2. The summed E-state index contributed by atoms with van der Waals surface area (Å²) in [5.41, 5.74) is 1.24. The second-order valence-corrected chi connectivity index (χ2v) is 8.02. The maximum Gasteiger partial charge on any atom is 0.303 e. The zero-order chi connectivity index (χ0) is 21.2. The molecular formula is C20H18N2O6S. The standard InChI is InChI=1S/C20H18N2O6S/c1-27-18-9-16-14(5-8-20(23)24)12-22(17(16)10-19(18)28-2)29(25,26)15-6-3-13(11-21)4-7-15/h3-4,6-7,9-10,12H,5,8H2,1-2H3,(H,23,24). The van der Waals surface area contributed by atoms with E-state index in [0.29, 0.717) is 33.5 Å². The van der Waals surface area contributed by atoms with Gasteiger partial charge in [0, 0.05) is 24.1 Å². The Kier molecular flexibility index (Phi) is 5.48. The van der Waals surface area contributed by atoms with Crippen molar-refractivity contribution in [3.63, 3.8) is 0 Å².